The molecular formula is C13H17N3S. The Balaban J connectivity index is 1.71. The number of thiazole rings is 1. The highest BCUT2D eigenvalue weighted by atomic mass is 32.1. The number of aromatic nitrogens is 1. The molecule has 0 radical (unpaired) electrons. The predicted molar refractivity (Wildman–Crippen MR) is 73.3 cm³/mol. The highest BCUT2D eigenvalue weighted by molar-refractivity contribution is 7.22. The van der Waals surface area contributed by atoms with Crippen molar-refractivity contribution in [2.45, 2.75) is 19.3 Å². The molecule has 3 rings (SSSR count). The first-order valence-electron chi connectivity index (χ1n) is 6.17. The Morgan fingerprint density at radius 3 is 3.24 bits per heavy atom. The van der Waals surface area contributed by atoms with Gasteiger partial charge in [0.2, 0.25) is 0 Å². The number of nitrogens with one attached hydrogen (secondary N) is 1. The van der Waals surface area contributed by atoms with Crippen molar-refractivity contribution in [3.05, 3.63) is 23.8 Å². The van der Waals surface area contributed by atoms with Crippen molar-refractivity contribution in [1.29, 1.82) is 0 Å². The van der Waals surface area contributed by atoms with Gasteiger partial charge < -0.3 is 11.1 Å². The molecule has 1 fully saturated rings. The van der Waals surface area contributed by atoms with Crippen LogP contribution in [-0.2, 0) is 6.42 Å². The molecule has 0 saturated carbocycles. The number of nitrogens with zero attached hydrogens (tertiary/aromatic N) is 1. The number of aryl methyl sites for hydroxylation is 1. The Morgan fingerprint density at radius 2 is 2.41 bits per heavy atom. The first-order valence-corrected chi connectivity index (χ1v) is 6.98. The summed E-state index contributed by atoms with van der Waals surface area (Å²) < 4.78 is 1.21. The van der Waals surface area contributed by atoms with Crippen molar-refractivity contribution in [1.82, 2.24) is 10.3 Å². The highest BCUT2D eigenvalue weighted by Gasteiger charge is 2.14. The van der Waals surface area contributed by atoms with E-state index in [2.05, 4.69) is 28.5 Å². The van der Waals surface area contributed by atoms with Crippen molar-refractivity contribution in [3.63, 3.8) is 0 Å². The standard InChI is InChI=1S/C13H17N3S/c14-13-16-11-4-3-9(7-12(11)17-13)1-2-10-5-6-15-8-10/h3-4,7,10,15H,1-2,5-6,8H2,(H2,14,16). The quantitative estimate of drug-likeness (QED) is 0.875. The molecule has 17 heavy (non-hydrogen) atoms. The van der Waals surface area contributed by atoms with Crippen molar-refractivity contribution < 1.29 is 0 Å². The normalized spacial score (nSPS) is 20.1. The number of hydrogen-bond acceptors (Lipinski definition) is 4. The van der Waals surface area contributed by atoms with Crippen LogP contribution >= 0.6 is 11.3 Å². The number of hydrogen-bond donors (Lipinski definition) is 2. The first-order chi connectivity index (χ1) is 8.31. The van der Waals surface area contributed by atoms with E-state index in [-0.39, 0.29) is 0 Å². The number of anilines is 1. The minimum atomic E-state index is 0.664. The minimum absolute atomic E-state index is 0.664. The predicted octanol–water partition coefficient (Wildman–Crippen LogP) is 2.42. The van der Waals surface area contributed by atoms with Gasteiger partial charge in [-0.3, -0.25) is 0 Å². The van der Waals surface area contributed by atoms with Gasteiger partial charge in [-0.05, 0) is 56.0 Å². The van der Waals surface area contributed by atoms with E-state index in [1.807, 2.05) is 0 Å². The van der Waals surface area contributed by atoms with Gasteiger partial charge in [-0.2, -0.15) is 0 Å². The lowest BCUT2D eigenvalue weighted by molar-refractivity contribution is 0.533. The van der Waals surface area contributed by atoms with Gasteiger partial charge in [0.15, 0.2) is 5.13 Å². The van der Waals surface area contributed by atoms with Crippen LogP contribution < -0.4 is 11.1 Å². The van der Waals surface area contributed by atoms with Crippen molar-refractivity contribution in [2.75, 3.05) is 18.8 Å². The second-order valence-corrected chi connectivity index (χ2v) is 5.81. The van der Waals surface area contributed by atoms with Crippen LogP contribution in [0.1, 0.15) is 18.4 Å². The average Bonchev–Trinajstić information content (AvgIpc) is 2.92. The zero-order valence-corrected chi connectivity index (χ0v) is 10.6. The molecule has 90 valence electrons. The van der Waals surface area contributed by atoms with Crippen LogP contribution in [0.5, 0.6) is 0 Å². The first kappa shape index (κ1) is 11.0. The summed E-state index contributed by atoms with van der Waals surface area (Å²) in [6.45, 7) is 2.38. The number of fused-ring (bicyclic) bond motifs is 1. The zero-order chi connectivity index (χ0) is 11.7. The fourth-order valence-corrected chi connectivity index (χ4v) is 3.27. The molecule has 2 aromatic rings. The van der Waals surface area contributed by atoms with Gasteiger partial charge in [-0.25, -0.2) is 4.98 Å². The third-order valence-corrected chi connectivity index (χ3v) is 4.32. The summed E-state index contributed by atoms with van der Waals surface area (Å²) in [6, 6.07) is 6.51. The molecule has 0 spiro atoms. The molecule has 1 saturated heterocycles. The molecule has 2 heterocycles. The number of benzene rings is 1. The Labute approximate surface area is 105 Å². The third kappa shape index (κ3) is 2.42. The number of rotatable bonds is 3. The fraction of sp³-hybridized carbons (Fsp3) is 0.462. The summed E-state index contributed by atoms with van der Waals surface area (Å²) in [5, 5.41) is 4.08. The molecule has 3 N–H and O–H groups in total. The second-order valence-electron chi connectivity index (χ2n) is 4.75. The summed E-state index contributed by atoms with van der Waals surface area (Å²) in [5.74, 6) is 0.859. The summed E-state index contributed by atoms with van der Waals surface area (Å²) in [7, 11) is 0. The van der Waals surface area contributed by atoms with Crippen LogP contribution in [0.4, 0.5) is 5.13 Å². The topological polar surface area (TPSA) is 50.9 Å². The molecule has 0 bridgehead atoms. The SMILES string of the molecule is Nc1nc2ccc(CCC3CCNC3)cc2s1. The molecule has 1 aromatic carbocycles. The molecule has 3 nitrogen and oxygen atoms in total. The Kier molecular flexibility index (Phi) is 2.99. The summed E-state index contributed by atoms with van der Waals surface area (Å²) in [5.41, 5.74) is 8.15. The maximum absolute atomic E-state index is 5.71. The summed E-state index contributed by atoms with van der Waals surface area (Å²) in [4.78, 5) is 4.28. The van der Waals surface area contributed by atoms with E-state index >= 15 is 0 Å². The van der Waals surface area contributed by atoms with Crippen molar-refractivity contribution in [3.8, 4) is 0 Å². The maximum atomic E-state index is 5.71. The van der Waals surface area contributed by atoms with Crippen LogP contribution in [0.3, 0.4) is 0 Å². The lowest BCUT2D eigenvalue weighted by atomic mass is 9.99. The molecule has 0 amide bonds. The van der Waals surface area contributed by atoms with Crippen LogP contribution in [0.25, 0.3) is 10.2 Å². The van der Waals surface area contributed by atoms with Crippen LogP contribution in [0.2, 0.25) is 0 Å². The highest BCUT2D eigenvalue weighted by Crippen LogP contribution is 2.25. The van der Waals surface area contributed by atoms with Gasteiger partial charge >= 0.3 is 0 Å². The van der Waals surface area contributed by atoms with Crippen LogP contribution in [-0.4, -0.2) is 18.1 Å². The van der Waals surface area contributed by atoms with Gasteiger partial charge in [0, 0.05) is 0 Å². The van der Waals surface area contributed by atoms with Crippen LogP contribution in [0, 0.1) is 5.92 Å². The number of nitrogen functional groups attached to an aromatic ring is 1. The second kappa shape index (κ2) is 4.63. The lowest BCUT2D eigenvalue weighted by Gasteiger charge is -2.07. The Bertz CT molecular complexity index is 514. The average molecular weight is 247 g/mol. The molecule has 1 aliphatic heterocycles. The van der Waals surface area contributed by atoms with Crippen LogP contribution in [0.15, 0.2) is 18.2 Å². The van der Waals surface area contributed by atoms with Gasteiger partial charge in [0.05, 0.1) is 10.2 Å². The molecule has 4 heteroatoms. The van der Waals surface area contributed by atoms with E-state index in [0.29, 0.717) is 5.13 Å². The maximum Gasteiger partial charge on any atom is 0.181 e. The smallest absolute Gasteiger partial charge is 0.181 e. The summed E-state index contributed by atoms with van der Waals surface area (Å²) in [6.07, 6.45) is 3.78. The van der Waals surface area contributed by atoms with E-state index in [9.17, 15) is 0 Å². The minimum Gasteiger partial charge on any atom is -0.375 e. The molecular weight excluding hydrogens is 230 g/mol. The lowest BCUT2D eigenvalue weighted by Crippen LogP contribution is -2.09. The van der Waals surface area contributed by atoms with Gasteiger partial charge in [-0.1, -0.05) is 17.4 Å². The molecule has 1 unspecified atom stereocenters. The Morgan fingerprint density at radius 1 is 1.47 bits per heavy atom. The largest absolute Gasteiger partial charge is 0.375 e. The van der Waals surface area contributed by atoms with Gasteiger partial charge in [0.25, 0.3) is 0 Å². The zero-order valence-electron chi connectivity index (χ0n) is 9.78. The van der Waals surface area contributed by atoms with E-state index < -0.39 is 0 Å². The molecule has 1 aliphatic rings. The monoisotopic (exact) mass is 247 g/mol. The van der Waals surface area contributed by atoms with Crippen molar-refractivity contribution >= 4 is 26.7 Å². The fourth-order valence-electron chi connectivity index (χ4n) is 2.47. The van der Waals surface area contributed by atoms with Crippen molar-refractivity contribution in [2.24, 2.45) is 5.92 Å². The Hall–Kier alpha value is -1.13. The van der Waals surface area contributed by atoms with E-state index in [1.165, 1.54) is 42.6 Å². The molecule has 1 atom stereocenters. The van der Waals surface area contributed by atoms with Gasteiger partial charge in [0.1, 0.15) is 0 Å². The van der Waals surface area contributed by atoms with E-state index in [4.69, 9.17) is 5.73 Å². The van der Waals surface area contributed by atoms with E-state index in [0.717, 1.165) is 11.4 Å². The molecule has 0 aliphatic carbocycles. The molecule has 1 aromatic heterocycles. The van der Waals surface area contributed by atoms with Gasteiger partial charge in [-0.15, -0.1) is 0 Å². The summed E-state index contributed by atoms with van der Waals surface area (Å²) >= 11 is 1.58. The third-order valence-electron chi connectivity index (χ3n) is 3.47. The van der Waals surface area contributed by atoms with E-state index in [1.54, 1.807) is 11.3 Å². The number of nitrogens with two attached hydrogens (primary N) is 1.